The number of hydrogen-bond acceptors (Lipinski definition) is 3. The molecule has 0 aliphatic carbocycles. The Morgan fingerprint density at radius 3 is 2.80 bits per heavy atom. The van der Waals surface area contributed by atoms with E-state index in [1.54, 1.807) is 0 Å². The lowest BCUT2D eigenvalue weighted by molar-refractivity contribution is 0.522. The molecule has 0 atom stereocenters. The molecule has 0 saturated heterocycles. The fraction of sp³-hybridized carbons (Fsp3) is 0.400. The predicted octanol–water partition coefficient (Wildman–Crippen LogP) is 1.06. The first-order chi connectivity index (χ1) is 7.25. The topological polar surface area (TPSA) is 61.7 Å². The summed E-state index contributed by atoms with van der Waals surface area (Å²) in [5.74, 6) is 1.63. The minimum atomic E-state index is 0.578. The Labute approximate surface area is 88.5 Å². The van der Waals surface area contributed by atoms with E-state index in [0.717, 1.165) is 25.3 Å². The van der Waals surface area contributed by atoms with E-state index in [4.69, 9.17) is 5.73 Å². The van der Waals surface area contributed by atoms with E-state index in [9.17, 15) is 0 Å². The zero-order valence-electron chi connectivity index (χ0n) is 8.80. The number of nitrogen functional groups attached to an aromatic ring is 1. The van der Waals surface area contributed by atoms with Gasteiger partial charge in [-0.15, -0.1) is 0 Å². The van der Waals surface area contributed by atoms with Crippen LogP contribution in [0.25, 0.3) is 0 Å². The highest BCUT2D eigenvalue weighted by atomic mass is 15.3. The number of rotatable bonds is 4. The number of aromatic nitrogens is 4. The van der Waals surface area contributed by atoms with Crippen molar-refractivity contribution in [1.82, 2.24) is 19.3 Å². The number of hydrogen-bond donors (Lipinski definition) is 1. The van der Waals surface area contributed by atoms with E-state index >= 15 is 0 Å². The SMILES string of the molecule is Cc1nccn1CCCn1ccc(N)n1. The van der Waals surface area contributed by atoms with Gasteiger partial charge in [-0.2, -0.15) is 5.10 Å². The Bertz CT molecular complexity index is 428. The monoisotopic (exact) mass is 205 g/mol. The minimum absolute atomic E-state index is 0.578. The molecule has 0 radical (unpaired) electrons. The van der Waals surface area contributed by atoms with Crippen molar-refractivity contribution in [3.8, 4) is 0 Å². The number of aryl methyl sites for hydroxylation is 3. The molecule has 0 aliphatic rings. The van der Waals surface area contributed by atoms with Crippen LogP contribution in [0.4, 0.5) is 5.82 Å². The smallest absolute Gasteiger partial charge is 0.145 e. The van der Waals surface area contributed by atoms with Crippen LogP contribution in [0.2, 0.25) is 0 Å². The Morgan fingerprint density at radius 2 is 2.20 bits per heavy atom. The Morgan fingerprint density at radius 1 is 1.33 bits per heavy atom. The summed E-state index contributed by atoms with van der Waals surface area (Å²) in [7, 11) is 0. The molecule has 0 aliphatic heterocycles. The van der Waals surface area contributed by atoms with Gasteiger partial charge in [0.15, 0.2) is 0 Å². The van der Waals surface area contributed by atoms with Crippen LogP contribution in [0.3, 0.4) is 0 Å². The second-order valence-corrected chi connectivity index (χ2v) is 3.53. The van der Waals surface area contributed by atoms with Crippen LogP contribution in [0.5, 0.6) is 0 Å². The quantitative estimate of drug-likeness (QED) is 0.811. The van der Waals surface area contributed by atoms with E-state index in [-0.39, 0.29) is 0 Å². The molecule has 0 spiro atoms. The normalized spacial score (nSPS) is 10.7. The third-order valence-corrected chi connectivity index (χ3v) is 2.37. The molecule has 0 amide bonds. The van der Waals surface area contributed by atoms with Gasteiger partial charge in [0.05, 0.1) is 0 Å². The lowest BCUT2D eigenvalue weighted by Crippen LogP contribution is -2.05. The maximum atomic E-state index is 5.52. The molecule has 0 aromatic carbocycles. The van der Waals surface area contributed by atoms with Crippen molar-refractivity contribution < 1.29 is 0 Å². The van der Waals surface area contributed by atoms with E-state index in [0.29, 0.717) is 5.82 Å². The molecule has 2 heterocycles. The van der Waals surface area contributed by atoms with E-state index in [1.165, 1.54) is 0 Å². The zero-order chi connectivity index (χ0) is 10.7. The maximum absolute atomic E-state index is 5.52. The van der Waals surface area contributed by atoms with E-state index in [1.807, 2.05) is 36.3 Å². The van der Waals surface area contributed by atoms with Crippen LogP contribution in [0.1, 0.15) is 12.2 Å². The molecule has 0 saturated carbocycles. The molecular weight excluding hydrogens is 190 g/mol. The summed E-state index contributed by atoms with van der Waals surface area (Å²) >= 11 is 0. The van der Waals surface area contributed by atoms with Gasteiger partial charge in [0.2, 0.25) is 0 Å². The first-order valence-electron chi connectivity index (χ1n) is 5.02. The van der Waals surface area contributed by atoms with Crippen molar-refractivity contribution in [2.45, 2.75) is 26.4 Å². The predicted molar refractivity (Wildman–Crippen MR) is 58.2 cm³/mol. The van der Waals surface area contributed by atoms with E-state index < -0.39 is 0 Å². The zero-order valence-corrected chi connectivity index (χ0v) is 8.80. The second-order valence-electron chi connectivity index (χ2n) is 3.53. The highest BCUT2D eigenvalue weighted by Crippen LogP contribution is 2.01. The van der Waals surface area contributed by atoms with Gasteiger partial charge in [-0.1, -0.05) is 0 Å². The van der Waals surface area contributed by atoms with Gasteiger partial charge < -0.3 is 10.3 Å². The first kappa shape index (κ1) is 9.76. The van der Waals surface area contributed by atoms with Gasteiger partial charge in [0, 0.05) is 31.7 Å². The Kier molecular flexibility index (Phi) is 2.71. The average molecular weight is 205 g/mol. The van der Waals surface area contributed by atoms with Crippen LogP contribution in [-0.4, -0.2) is 19.3 Å². The van der Waals surface area contributed by atoms with Crippen molar-refractivity contribution in [2.24, 2.45) is 0 Å². The summed E-state index contributed by atoms with van der Waals surface area (Å²) in [5, 5.41) is 4.12. The molecular formula is C10H15N5. The number of nitrogens with two attached hydrogens (primary N) is 1. The Hall–Kier alpha value is -1.78. The summed E-state index contributed by atoms with van der Waals surface area (Å²) in [6, 6.07) is 1.81. The average Bonchev–Trinajstić information content (AvgIpc) is 2.77. The Balaban J connectivity index is 1.83. The van der Waals surface area contributed by atoms with Gasteiger partial charge in [-0.25, -0.2) is 4.98 Å². The molecule has 5 nitrogen and oxygen atoms in total. The van der Waals surface area contributed by atoms with Crippen LogP contribution in [0, 0.1) is 6.92 Å². The first-order valence-corrected chi connectivity index (χ1v) is 5.02. The molecule has 0 fully saturated rings. The molecule has 5 heteroatoms. The summed E-state index contributed by atoms with van der Waals surface area (Å²) < 4.78 is 3.99. The summed E-state index contributed by atoms with van der Waals surface area (Å²) in [4.78, 5) is 4.17. The van der Waals surface area contributed by atoms with Gasteiger partial charge in [-0.05, 0) is 19.4 Å². The highest BCUT2D eigenvalue weighted by Gasteiger charge is 1.97. The highest BCUT2D eigenvalue weighted by molar-refractivity contribution is 5.23. The fourth-order valence-corrected chi connectivity index (χ4v) is 1.55. The minimum Gasteiger partial charge on any atom is -0.382 e. The largest absolute Gasteiger partial charge is 0.382 e. The van der Waals surface area contributed by atoms with Gasteiger partial charge >= 0.3 is 0 Å². The van der Waals surface area contributed by atoms with Crippen molar-refractivity contribution in [1.29, 1.82) is 0 Å². The molecule has 2 rings (SSSR count). The van der Waals surface area contributed by atoms with Gasteiger partial charge in [0.25, 0.3) is 0 Å². The lowest BCUT2D eigenvalue weighted by atomic mass is 10.4. The molecule has 0 bridgehead atoms. The molecule has 15 heavy (non-hydrogen) atoms. The van der Waals surface area contributed by atoms with Crippen LogP contribution >= 0.6 is 0 Å². The molecule has 2 N–H and O–H groups in total. The number of imidazole rings is 1. The van der Waals surface area contributed by atoms with Crippen LogP contribution in [-0.2, 0) is 13.1 Å². The van der Waals surface area contributed by atoms with Crippen molar-refractivity contribution in [3.05, 3.63) is 30.5 Å². The van der Waals surface area contributed by atoms with Crippen molar-refractivity contribution >= 4 is 5.82 Å². The summed E-state index contributed by atoms with van der Waals surface area (Å²) in [6.07, 6.45) is 6.74. The van der Waals surface area contributed by atoms with Crippen LogP contribution < -0.4 is 5.73 Å². The lowest BCUT2D eigenvalue weighted by Gasteiger charge is -2.04. The molecule has 0 unspecified atom stereocenters. The van der Waals surface area contributed by atoms with Gasteiger partial charge in [-0.3, -0.25) is 4.68 Å². The van der Waals surface area contributed by atoms with Crippen molar-refractivity contribution in [2.75, 3.05) is 5.73 Å². The molecule has 2 aromatic rings. The third-order valence-electron chi connectivity index (χ3n) is 2.37. The fourth-order valence-electron chi connectivity index (χ4n) is 1.55. The maximum Gasteiger partial charge on any atom is 0.145 e. The van der Waals surface area contributed by atoms with Gasteiger partial charge in [0.1, 0.15) is 11.6 Å². The molecule has 80 valence electrons. The molecule has 2 aromatic heterocycles. The summed E-state index contributed by atoms with van der Waals surface area (Å²) in [5.41, 5.74) is 5.52. The number of anilines is 1. The number of nitrogens with zero attached hydrogens (tertiary/aromatic N) is 4. The third kappa shape index (κ3) is 2.37. The van der Waals surface area contributed by atoms with Crippen LogP contribution in [0.15, 0.2) is 24.7 Å². The second kappa shape index (κ2) is 4.16. The van der Waals surface area contributed by atoms with E-state index in [2.05, 4.69) is 14.6 Å². The summed E-state index contributed by atoms with van der Waals surface area (Å²) in [6.45, 7) is 3.85. The standard InChI is InChI=1S/C10H15N5/c1-9-12-4-8-14(9)5-2-6-15-7-3-10(11)13-15/h3-4,7-8H,2,5-6H2,1H3,(H2,11,13). The van der Waals surface area contributed by atoms with Crippen molar-refractivity contribution in [3.63, 3.8) is 0 Å².